The van der Waals surface area contributed by atoms with Gasteiger partial charge in [0.25, 0.3) is 15.9 Å². The number of carbonyl (C=O) groups excluding carboxylic acids is 2. The number of benzene rings is 3. The van der Waals surface area contributed by atoms with E-state index < -0.39 is 57.0 Å². The van der Waals surface area contributed by atoms with E-state index in [9.17, 15) is 36.3 Å². The van der Waals surface area contributed by atoms with Crippen molar-refractivity contribution in [3.63, 3.8) is 0 Å². The molecular formula is C28H27ClF3N3O8S. The van der Waals surface area contributed by atoms with Crippen molar-refractivity contribution < 1.29 is 50.5 Å². The molecule has 16 heteroatoms. The number of ether oxygens (including phenoxy) is 3. The van der Waals surface area contributed by atoms with Gasteiger partial charge in [0.1, 0.15) is 22.4 Å². The van der Waals surface area contributed by atoms with Crippen LogP contribution in [-0.2, 0) is 25.2 Å². The SMILES string of the molecule is COc1ccc(S(=O)(=O)N2C(=O)C(N[C@@H](CO)C(=O)N(C)C)(c3ccccc3OC)c3cc(Cl)ccc32)c(OC(F)(F)F)c1. The Labute approximate surface area is 255 Å². The van der Waals surface area contributed by atoms with Crippen molar-refractivity contribution in [3.05, 3.63) is 76.8 Å². The number of likely N-dealkylation sites (N-methyl/N-ethyl adjacent to an activating group) is 1. The number of hydrogen-bond donors (Lipinski definition) is 2. The summed E-state index contributed by atoms with van der Waals surface area (Å²) in [4.78, 5) is 28.0. The second-order valence-corrected chi connectivity index (χ2v) is 11.9. The van der Waals surface area contributed by atoms with E-state index in [2.05, 4.69) is 10.1 Å². The van der Waals surface area contributed by atoms with E-state index in [4.69, 9.17) is 21.1 Å². The quantitative estimate of drug-likeness (QED) is 0.337. The van der Waals surface area contributed by atoms with E-state index in [1.165, 1.54) is 57.6 Å². The lowest BCUT2D eigenvalue weighted by Crippen LogP contribution is -2.60. The Balaban J connectivity index is 2.06. The number of hydrogen-bond acceptors (Lipinski definition) is 9. The number of methoxy groups -OCH3 is 2. The van der Waals surface area contributed by atoms with Gasteiger partial charge in [0.2, 0.25) is 5.91 Å². The van der Waals surface area contributed by atoms with Crippen LogP contribution in [-0.4, -0.2) is 77.6 Å². The largest absolute Gasteiger partial charge is 0.573 e. The van der Waals surface area contributed by atoms with Crippen molar-refractivity contribution in [3.8, 4) is 17.2 Å². The summed E-state index contributed by atoms with van der Waals surface area (Å²) in [6.07, 6.45) is -5.30. The number of alkyl halides is 3. The molecule has 0 fully saturated rings. The molecule has 1 unspecified atom stereocenters. The molecule has 44 heavy (non-hydrogen) atoms. The molecule has 0 radical (unpaired) electrons. The molecule has 0 aliphatic carbocycles. The van der Waals surface area contributed by atoms with Gasteiger partial charge in [-0.3, -0.25) is 14.9 Å². The van der Waals surface area contributed by atoms with Crippen molar-refractivity contribution in [2.45, 2.75) is 22.8 Å². The van der Waals surface area contributed by atoms with Gasteiger partial charge in [0.05, 0.1) is 26.5 Å². The lowest BCUT2D eigenvalue weighted by atomic mass is 9.82. The molecule has 1 heterocycles. The lowest BCUT2D eigenvalue weighted by molar-refractivity contribution is -0.275. The van der Waals surface area contributed by atoms with Crippen molar-refractivity contribution >= 4 is 39.1 Å². The van der Waals surface area contributed by atoms with Crippen LogP contribution in [0.4, 0.5) is 18.9 Å². The first-order valence-electron chi connectivity index (χ1n) is 12.7. The number of sulfonamides is 1. The predicted molar refractivity (Wildman–Crippen MR) is 152 cm³/mol. The standard InChI is InChI=1S/C28H27ClF3N3O8S/c1-34(2)25(37)20(15-36)33-27(18-7-5-6-8-22(18)42-4)19-13-16(29)9-11-21(19)35(26(27)38)44(39,40)24-12-10-17(41-3)14-23(24)43-28(30,31)32/h5-14,20,33,36H,15H2,1-4H3/t20-,27?/m0/s1. The molecule has 0 aromatic heterocycles. The highest BCUT2D eigenvalue weighted by atomic mass is 35.5. The third-order valence-electron chi connectivity index (χ3n) is 6.80. The van der Waals surface area contributed by atoms with E-state index >= 15 is 0 Å². The number of amides is 2. The Bertz CT molecular complexity index is 1700. The Kier molecular flexibility index (Phi) is 9.07. The van der Waals surface area contributed by atoms with Gasteiger partial charge in [0, 0.05) is 36.3 Å². The molecule has 4 rings (SSSR count). The van der Waals surface area contributed by atoms with Gasteiger partial charge in [-0.25, -0.2) is 12.7 Å². The molecule has 0 bridgehead atoms. The Morgan fingerprint density at radius 2 is 1.73 bits per heavy atom. The number of carbonyl (C=O) groups is 2. The molecule has 3 aromatic carbocycles. The number of aliphatic hydroxyl groups excluding tert-OH is 1. The second-order valence-electron chi connectivity index (χ2n) is 9.66. The summed E-state index contributed by atoms with van der Waals surface area (Å²) < 4.78 is 83.5. The Morgan fingerprint density at radius 3 is 2.32 bits per heavy atom. The number of anilines is 1. The minimum Gasteiger partial charge on any atom is -0.497 e. The highest BCUT2D eigenvalue weighted by molar-refractivity contribution is 7.93. The van der Waals surface area contributed by atoms with E-state index in [0.29, 0.717) is 10.4 Å². The van der Waals surface area contributed by atoms with Gasteiger partial charge >= 0.3 is 6.36 Å². The molecule has 0 saturated carbocycles. The highest BCUT2D eigenvalue weighted by Crippen LogP contribution is 2.51. The molecule has 1 aliphatic heterocycles. The van der Waals surface area contributed by atoms with Crippen LogP contribution in [0.1, 0.15) is 11.1 Å². The van der Waals surface area contributed by atoms with Gasteiger partial charge in [-0.05, 0) is 36.4 Å². The zero-order valence-corrected chi connectivity index (χ0v) is 25.2. The second kappa shape index (κ2) is 12.1. The molecule has 236 valence electrons. The van der Waals surface area contributed by atoms with E-state index in [-0.39, 0.29) is 33.3 Å². The molecule has 11 nitrogen and oxygen atoms in total. The van der Waals surface area contributed by atoms with Crippen molar-refractivity contribution in [2.24, 2.45) is 0 Å². The number of aliphatic hydroxyl groups is 1. The highest BCUT2D eigenvalue weighted by Gasteiger charge is 2.59. The van der Waals surface area contributed by atoms with Crippen LogP contribution >= 0.6 is 11.6 Å². The Morgan fingerprint density at radius 1 is 1.05 bits per heavy atom. The van der Waals surface area contributed by atoms with Gasteiger partial charge in [-0.15, -0.1) is 13.2 Å². The average Bonchev–Trinajstić information content (AvgIpc) is 3.21. The molecule has 0 spiro atoms. The number of fused-ring (bicyclic) bond motifs is 1. The smallest absolute Gasteiger partial charge is 0.497 e. The molecular weight excluding hydrogens is 631 g/mol. The fraction of sp³-hybridized carbons (Fsp3) is 0.286. The van der Waals surface area contributed by atoms with Gasteiger partial charge in [-0.1, -0.05) is 29.8 Å². The molecule has 3 aromatic rings. The van der Waals surface area contributed by atoms with Crippen molar-refractivity contribution in [2.75, 3.05) is 39.2 Å². The number of para-hydroxylation sites is 1. The van der Waals surface area contributed by atoms with Gasteiger partial charge < -0.3 is 24.2 Å². The summed E-state index contributed by atoms with van der Waals surface area (Å²) in [6.45, 7) is -0.827. The third kappa shape index (κ3) is 5.75. The monoisotopic (exact) mass is 657 g/mol. The van der Waals surface area contributed by atoms with Crippen LogP contribution in [0, 0.1) is 0 Å². The van der Waals surface area contributed by atoms with Gasteiger partial charge in [-0.2, -0.15) is 0 Å². The number of nitrogens with one attached hydrogen (secondary N) is 1. The predicted octanol–water partition coefficient (Wildman–Crippen LogP) is 3.27. The maximum absolute atomic E-state index is 14.7. The molecule has 0 saturated heterocycles. The summed E-state index contributed by atoms with van der Waals surface area (Å²) in [5.74, 6) is -3.15. The summed E-state index contributed by atoms with van der Waals surface area (Å²) in [7, 11) is 0.0748. The van der Waals surface area contributed by atoms with Crippen molar-refractivity contribution in [1.82, 2.24) is 10.2 Å². The molecule has 2 amide bonds. The first kappa shape index (κ1) is 32.9. The van der Waals surface area contributed by atoms with Crippen LogP contribution < -0.4 is 23.8 Å². The maximum Gasteiger partial charge on any atom is 0.573 e. The topological polar surface area (TPSA) is 135 Å². The fourth-order valence-corrected chi connectivity index (χ4v) is 6.66. The van der Waals surface area contributed by atoms with Crippen LogP contribution in [0.25, 0.3) is 0 Å². The lowest BCUT2D eigenvalue weighted by Gasteiger charge is -2.35. The summed E-state index contributed by atoms with van der Waals surface area (Å²) in [6, 6.07) is 10.9. The van der Waals surface area contributed by atoms with E-state index in [1.807, 2.05) is 0 Å². The van der Waals surface area contributed by atoms with Crippen LogP contribution in [0.2, 0.25) is 5.02 Å². The zero-order chi connectivity index (χ0) is 32.6. The average molecular weight is 658 g/mol. The zero-order valence-electron chi connectivity index (χ0n) is 23.7. The first-order valence-corrected chi connectivity index (χ1v) is 14.5. The van der Waals surface area contributed by atoms with E-state index in [1.54, 1.807) is 6.07 Å². The van der Waals surface area contributed by atoms with Gasteiger partial charge in [0.15, 0.2) is 11.3 Å². The molecule has 1 aliphatic rings. The van der Waals surface area contributed by atoms with E-state index in [0.717, 1.165) is 24.1 Å². The maximum atomic E-state index is 14.7. The van der Waals surface area contributed by atoms with Crippen molar-refractivity contribution in [1.29, 1.82) is 0 Å². The third-order valence-corrected chi connectivity index (χ3v) is 8.78. The van der Waals surface area contributed by atoms with Crippen LogP contribution in [0.3, 0.4) is 0 Å². The Hall–Kier alpha value is -4.05. The fourth-order valence-electron chi connectivity index (χ4n) is 4.92. The number of halogens is 4. The van der Waals surface area contributed by atoms with Crippen LogP contribution in [0.5, 0.6) is 17.2 Å². The first-order chi connectivity index (χ1) is 20.6. The minimum atomic E-state index is -5.30. The molecule has 2 atom stereocenters. The normalized spacial score (nSPS) is 17.2. The minimum absolute atomic E-state index is 0.0280. The van der Waals surface area contributed by atoms with Crippen LogP contribution in [0.15, 0.2) is 65.6 Å². The molecule has 2 N–H and O–H groups in total. The summed E-state index contributed by atoms with van der Waals surface area (Å²) in [5, 5.41) is 13.1. The summed E-state index contributed by atoms with van der Waals surface area (Å²) >= 11 is 6.33. The number of nitrogens with zero attached hydrogens (tertiary/aromatic N) is 2. The summed E-state index contributed by atoms with van der Waals surface area (Å²) in [5.41, 5.74) is -2.61. The number of rotatable bonds is 10.